The minimum absolute atomic E-state index is 0.180. The number of nitrogens with one attached hydrogen (secondary N) is 1. The molecule has 0 spiro atoms. The number of anilines is 1. The second kappa shape index (κ2) is 11.0. The maximum absolute atomic E-state index is 13.0. The molecule has 1 aromatic heterocycles. The van der Waals surface area contributed by atoms with Crippen LogP contribution >= 0.6 is 0 Å². The number of carbonyl (C=O) groups excluding carboxylic acids is 2. The third-order valence-corrected chi connectivity index (χ3v) is 5.85. The monoisotopic (exact) mass is 496 g/mol. The first-order chi connectivity index (χ1) is 17.8. The van der Waals surface area contributed by atoms with Gasteiger partial charge in [0.05, 0.1) is 31.6 Å². The first-order valence-electron chi connectivity index (χ1n) is 11.7. The van der Waals surface area contributed by atoms with Crippen molar-refractivity contribution in [1.29, 1.82) is 0 Å². The number of pyridine rings is 1. The van der Waals surface area contributed by atoms with Gasteiger partial charge in [-0.3, -0.25) is 14.6 Å². The molecular weight excluding hydrogens is 468 g/mol. The van der Waals surface area contributed by atoms with Crippen molar-refractivity contribution in [2.75, 3.05) is 19.5 Å². The second-order valence-corrected chi connectivity index (χ2v) is 8.55. The van der Waals surface area contributed by atoms with Gasteiger partial charge < -0.3 is 19.5 Å². The predicted molar refractivity (Wildman–Crippen MR) is 145 cm³/mol. The average molecular weight is 497 g/mol. The van der Waals surface area contributed by atoms with E-state index in [0.29, 0.717) is 22.7 Å². The van der Waals surface area contributed by atoms with Gasteiger partial charge in [0.25, 0.3) is 0 Å². The van der Waals surface area contributed by atoms with Crippen LogP contribution < -0.4 is 19.5 Å². The van der Waals surface area contributed by atoms with Crippen molar-refractivity contribution in [2.24, 2.45) is 0 Å². The number of hydrogen-bond donors (Lipinski definition) is 1. The van der Waals surface area contributed by atoms with Gasteiger partial charge in [0.15, 0.2) is 11.5 Å². The average Bonchev–Trinajstić information content (AvgIpc) is 2.88. The van der Waals surface area contributed by atoms with Gasteiger partial charge in [0.2, 0.25) is 11.7 Å². The number of hydrogen-bond acceptors (Lipinski definition) is 6. The zero-order valence-electron chi connectivity index (χ0n) is 21.4. The molecule has 7 heteroatoms. The fraction of sp³-hybridized carbons (Fsp3) is 0.167. The molecule has 0 bridgehead atoms. The Hall–Kier alpha value is -4.65. The zero-order chi connectivity index (χ0) is 26.5. The lowest BCUT2D eigenvalue weighted by molar-refractivity contribution is -0.132. The number of fused-ring (bicyclic) bond motifs is 1. The van der Waals surface area contributed by atoms with Crippen LogP contribution in [0.1, 0.15) is 23.6 Å². The Morgan fingerprint density at radius 3 is 2.30 bits per heavy atom. The fourth-order valence-corrected chi connectivity index (χ4v) is 4.13. The topological polar surface area (TPSA) is 86.8 Å². The molecule has 0 aliphatic carbocycles. The van der Waals surface area contributed by atoms with E-state index in [-0.39, 0.29) is 11.7 Å². The number of ether oxygens (including phenoxy) is 3. The first-order valence-corrected chi connectivity index (χ1v) is 11.7. The molecule has 0 aliphatic rings. The smallest absolute Gasteiger partial charge is 0.308 e. The number of amides is 1. The highest BCUT2D eigenvalue weighted by Gasteiger charge is 2.17. The zero-order valence-corrected chi connectivity index (χ0v) is 21.4. The minimum Gasteiger partial charge on any atom is -0.493 e. The molecule has 0 fully saturated rings. The molecule has 1 heterocycles. The highest BCUT2D eigenvalue weighted by Crippen LogP contribution is 2.39. The van der Waals surface area contributed by atoms with Crippen LogP contribution in [-0.2, 0) is 9.59 Å². The van der Waals surface area contributed by atoms with Crippen LogP contribution in [0.4, 0.5) is 5.69 Å². The number of rotatable bonds is 7. The van der Waals surface area contributed by atoms with Gasteiger partial charge in [-0.15, -0.1) is 0 Å². The third-order valence-electron chi connectivity index (χ3n) is 5.85. The van der Waals surface area contributed by atoms with E-state index in [9.17, 15) is 9.59 Å². The summed E-state index contributed by atoms with van der Waals surface area (Å²) in [4.78, 5) is 29.1. The second-order valence-electron chi connectivity index (χ2n) is 8.55. The van der Waals surface area contributed by atoms with E-state index in [0.717, 1.165) is 33.2 Å². The van der Waals surface area contributed by atoms with Crippen LogP contribution in [-0.4, -0.2) is 31.1 Å². The summed E-state index contributed by atoms with van der Waals surface area (Å²) in [7, 11) is 2.92. The number of aryl methyl sites for hydroxylation is 2. The number of nitrogens with zero attached hydrogens (tertiary/aromatic N) is 1. The van der Waals surface area contributed by atoms with Crippen molar-refractivity contribution >= 4 is 34.5 Å². The molecule has 1 N–H and O–H groups in total. The van der Waals surface area contributed by atoms with Gasteiger partial charge in [-0.1, -0.05) is 35.9 Å². The SMILES string of the molecule is COc1cc(/C=C/C(=O)Nc2cnc3ccc(C)cc3c2-c2ccccc2C)cc(OC)c1OC(C)=O. The summed E-state index contributed by atoms with van der Waals surface area (Å²) in [6.07, 6.45) is 4.73. The van der Waals surface area contributed by atoms with Gasteiger partial charge in [-0.25, -0.2) is 0 Å². The maximum Gasteiger partial charge on any atom is 0.308 e. The molecule has 4 aromatic rings. The van der Waals surface area contributed by atoms with Gasteiger partial charge in [-0.2, -0.15) is 0 Å². The van der Waals surface area contributed by atoms with Crippen molar-refractivity contribution in [3.63, 3.8) is 0 Å². The van der Waals surface area contributed by atoms with E-state index < -0.39 is 5.97 Å². The highest BCUT2D eigenvalue weighted by atomic mass is 16.6. The molecule has 4 rings (SSSR count). The molecule has 188 valence electrons. The Kier molecular flexibility index (Phi) is 7.53. The van der Waals surface area contributed by atoms with Crippen LogP contribution in [0.3, 0.4) is 0 Å². The molecule has 37 heavy (non-hydrogen) atoms. The molecule has 0 saturated carbocycles. The van der Waals surface area contributed by atoms with E-state index in [1.807, 2.05) is 50.2 Å². The number of methoxy groups -OCH3 is 2. The summed E-state index contributed by atoms with van der Waals surface area (Å²) in [6.45, 7) is 5.37. The molecular formula is C30H28N2O5. The summed E-state index contributed by atoms with van der Waals surface area (Å²) < 4.78 is 15.9. The predicted octanol–water partition coefficient (Wildman–Crippen LogP) is 6.11. The van der Waals surface area contributed by atoms with Crippen LogP contribution in [0.2, 0.25) is 0 Å². The molecule has 1 amide bonds. The molecule has 7 nitrogen and oxygen atoms in total. The normalized spacial score (nSPS) is 10.9. The standard InChI is InChI=1S/C30H28N2O5/c1-18-10-12-24-23(14-18)29(22-9-7-6-8-19(22)2)25(17-31-24)32-28(34)13-11-21-15-26(35-4)30(37-20(3)33)27(16-21)36-5/h6-17H,1-5H3,(H,32,34)/b13-11+. The largest absolute Gasteiger partial charge is 0.493 e. The number of aromatic nitrogens is 1. The number of carbonyl (C=O) groups is 2. The van der Waals surface area contributed by atoms with Crippen molar-refractivity contribution in [1.82, 2.24) is 4.98 Å². The van der Waals surface area contributed by atoms with Gasteiger partial charge in [0, 0.05) is 23.9 Å². The Morgan fingerprint density at radius 2 is 1.65 bits per heavy atom. The Labute approximate surface area is 215 Å². The van der Waals surface area contributed by atoms with Crippen molar-refractivity contribution in [3.8, 4) is 28.4 Å². The summed E-state index contributed by atoms with van der Waals surface area (Å²) in [5.74, 6) is -0.0239. The highest BCUT2D eigenvalue weighted by molar-refractivity contribution is 6.09. The van der Waals surface area contributed by atoms with E-state index >= 15 is 0 Å². The fourth-order valence-electron chi connectivity index (χ4n) is 4.13. The summed E-state index contributed by atoms with van der Waals surface area (Å²) >= 11 is 0. The molecule has 0 radical (unpaired) electrons. The molecule has 3 aromatic carbocycles. The van der Waals surface area contributed by atoms with E-state index in [4.69, 9.17) is 14.2 Å². The van der Waals surface area contributed by atoms with Gasteiger partial charge in [-0.05, 0) is 60.9 Å². The van der Waals surface area contributed by atoms with Crippen LogP contribution in [0.15, 0.2) is 66.9 Å². The van der Waals surface area contributed by atoms with E-state index in [1.165, 1.54) is 27.2 Å². The third kappa shape index (κ3) is 5.62. The van der Waals surface area contributed by atoms with Gasteiger partial charge in [0.1, 0.15) is 0 Å². The quantitative estimate of drug-likeness (QED) is 0.189. The van der Waals surface area contributed by atoms with E-state index in [1.54, 1.807) is 24.4 Å². The van der Waals surface area contributed by atoms with E-state index in [2.05, 4.69) is 16.4 Å². The van der Waals surface area contributed by atoms with Crippen molar-refractivity contribution in [3.05, 3.63) is 83.6 Å². The number of benzene rings is 3. The van der Waals surface area contributed by atoms with Crippen molar-refractivity contribution in [2.45, 2.75) is 20.8 Å². The lowest BCUT2D eigenvalue weighted by Crippen LogP contribution is -2.10. The summed E-state index contributed by atoms with van der Waals surface area (Å²) in [6, 6.07) is 17.5. The van der Waals surface area contributed by atoms with Crippen LogP contribution in [0, 0.1) is 13.8 Å². The minimum atomic E-state index is -0.497. The lowest BCUT2D eigenvalue weighted by atomic mass is 9.95. The lowest BCUT2D eigenvalue weighted by Gasteiger charge is -2.15. The molecule has 0 saturated heterocycles. The van der Waals surface area contributed by atoms with Crippen molar-refractivity contribution < 1.29 is 23.8 Å². The maximum atomic E-state index is 13.0. The van der Waals surface area contributed by atoms with Gasteiger partial charge >= 0.3 is 5.97 Å². The Balaban J connectivity index is 1.70. The molecule has 0 unspecified atom stereocenters. The van der Waals surface area contributed by atoms with Crippen LogP contribution in [0.5, 0.6) is 17.2 Å². The first kappa shape index (κ1) is 25.4. The Morgan fingerprint density at radius 1 is 0.946 bits per heavy atom. The number of esters is 1. The molecule has 0 aliphatic heterocycles. The Bertz CT molecular complexity index is 1500. The molecule has 0 atom stereocenters. The summed E-state index contributed by atoms with van der Waals surface area (Å²) in [5.41, 5.74) is 6.23. The summed E-state index contributed by atoms with van der Waals surface area (Å²) in [5, 5.41) is 3.96. The van der Waals surface area contributed by atoms with Crippen LogP contribution in [0.25, 0.3) is 28.1 Å².